The highest BCUT2D eigenvalue weighted by Gasteiger charge is 2.48. The molecule has 0 radical (unpaired) electrons. The summed E-state index contributed by atoms with van der Waals surface area (Å²) in [6, 6.07) is 0. The van der Waals surface area contributed by atoms with Crippen molar-refractivity contribution in [3.8, 4) is 0 Å². The van der Waals surface area contributed by atoms with Crippen LogP contribution in [0.5, 0.6) is 0 Å². The van der Waals surface area contributed by atoms with Crippen LogP contribution in [-0.4, -0.2) is 48.3 Å². The maximum atomic E-state index is 11.4. The fourth-order valence-electron chi connectivity index (χ4n) is 2.19. The van der Waals surface area contributed by atoms with Crippen molar-refractivity contribution in [3.05, 3.63) is 11.8 Å². The largest absolute Gasteiger partial charge is 0.463 e. The molecule has 2 N–H and O–H groups in total. The Bertz CT molecular complexity index is 365. The van der Waals surface area contributed by atoms with Crippen LogP contribution in [0.4, 0.5) is 0 Å². The number of β-amino-alcohol motifs (C(OH)–C–C–N with tert-alkyl or cyclic N) is 1. The monoisotopic (exact) mass is 257 g/mol. The number of carbonyl (C=O) groups excluding carboxylic acids is 1. The number of hydrogen-bond acceptors (Lipinski definition) is 6. The van der Waals surface area contributed by atoms with E-state index in [1.165, 1.54) is 6.08 Å². The molecule has 3 atom stereocenters. The zero-order valence-corrected chi connectivity index (χ0v) is 10.8. The minimum absolute atomic E-state index is 0.322. The van der Waals surface area contributed by atoms with Crippen LogP contribution in [0.1, 0.15) is 20.8 Å². The van der Waals surface area contributed by atoms with Gasteiger partial charge in [-0.05, 0) is 20.8 Å². The van der Waals surface area contributed by atoms with E-state index in [0.29, 0.717) is 18.8 Å². The van der Waals surface area contributed by atoms with Gasteiger partial charge < -0.3 is 24.6 Å². The molecule has 6 nitrogen and oxygen atoms in total. The van der Waals surface area contributed by atoms with Gasteiger partial charge in [-0.25, -0.2) is 4.79 Å². The molecular formula is C12H19NO5. The predicted octanol–water partition coefficient (Wildman–Crippen LogP) is -0.0824. The van der Waals surface area contributed by atoms with E-state index in [9.17, 15) is 9.90 Å². The molecule has 18 heavy (non-hydrogen) atoms. The number of carbonyl (C=O) groups is 1. The standard InChI is InChI=1S/C12H19NO5/c1-4-16-9(15)5-7-10-11(8(14)6-13-7)18-12(2,3)17-10/h5,8,10-11,13-14H,4,6H2,1-3H3/b7-5-/t8-,10+,11-/m1/s1. The molecule has 0 bridgehead atoms. The molecule has 2 fully saturated rings. The van der Waals surface area contributed by atoms with Crippen molar-refractivity contribution in [1.82, 2.24) is 5.32 Å². The number of esters is 1. The van der Waals surface area contributed by atoms with Gasteiger partial charge in [-0.2, -0.15) is 0 Å². The van der Waals surface area contributed by atoms with Gasteiger partial charge in [0.1, 0.15) is 18.3 Å². The topological polar surface area (TPSA) is 77.0 Å². The number of ether oxygens (including phenoxy) is 3. The van der Waals surface area contributed by atoms with Gasteiger partial charge in [0.2, 0.25) is 0 Å². The summed E-state index contributed by atoms with van der Waals surface area (Å²) in [5.74, 6) is -1.20. The zero-order valence-electron chi connectivity index (χ0n) is 10.8. The zero-order chi connectivity index (χ0) is 13.3. The summed E-state index contributed by atoms with van der Waals surface area (Å²) in [6.45, 7) is 5.95. The lowest BCUT2D eigenvalue weighted by Gasteiger charge is -2.30. The molecule has 0 amide bonds. The Hall–Kier alpha value is -1.11. The Morgan fingerprint density at radius 3 is 3.00 bits per heavy atom. The number of aliphatic hydroxyl groups excluding tert-OH is 1. The molecule has 0 saturated carbocycles. The Balaban J connectivity index is 2.16. The third kappa shape index (κ3) is 2.66. The van der Waals surface area contributed by atoms with Crippen LogP contribution in [0.15, 0.2) is 11.8 Å². The van der Waals surface area contributed by atoms with E-state index in [0.717, 1.165) is 0 Å². The van der Waals surface area contributed by atoms with E-state index in [1.807, 2.05) is 0 Å². The van der Waals surface area contributed by atoms with Crippen LogP contribution in [0.25, 0.3) is 0 Å². The fraction of sp³-hybridized carbons (Fsp3) is 0.750. The highest BCUT2D eigenvalue weighted by Crippen LogP contribution is 2.34. The Labute approximate surface area is 106 Å². The quantitative estimate of drug-likeness (QED) is 0.532. The lowest BCUT2D eigenvalue weighted by molar-refractivity contribution is -0.151. The molecule has 0 spiro atoms. The van der Waals surface area contributed by atoms with Crippen molar-refractivity contribution in [2.45, 2.75) is 44.9 Å². The third-order valence-corrected chi connectivity index (χ3v) is 2.89. The molecule has 6 heteroatoms. The first-order valence-corrected chi connectivity index (χ1v) is 6.09. The minimum atomic E-state index is -0.768. The number of nitrogens with one attached hydrogen (secondary N) is 1. The first-order valence-electron chi connectivity index (χ1n) is 6.09. The van der Waals surface area contributed by atoms with Gasteiger partial charge in [0.25, 0.3) is 0 Å². The highest BCUT2D eigenvalue weighted by atomic mass is 16.8. The van der Waals surface area contributed by atoms with Crippen molar-refractivity contribution in [2.75, 3.05) is 13.2 Å². The van der Waals surface area contributed by atoms with Gasteiger partial charge >= 0.3 is 5.97 Å². The summed E-state index contributed by atoms with van der Waals surface area (Å²) in [4.78, 5) is 11.4. The molecule has 0 aliphatic carbocycles. The van der Waals surface area contributed by atoms with Crippen molar-refractivity contribution in [1.29, 1.82) is 0 Å². The lowest BCUT2D eigenvalue weighted by atomic mass is 10.0. The highest BCUT2D eigenvalue weighted by molar-refractivity contribution is 5.83. The minimum Gasteiger partial charge on any atom is -0.463 e. The molecule has 0 aromatic carbocycles. The second-order valence-corrected chi connectivity index (χ2v) is 4.82. The average molecular weight is 257 g/mol. The van der Waals surface area contributed by atoms with E-state index in [4.69, 9.17) is 14.2 Å². The maximum Gasteiger partial charge on any atom is 0.332 e. The second-order valence-electron chi connectivity index (χ2n) is 4.82. The number of aliphatic hydroxyl groups is 1. The lowest BCUT2D eigenvalue weighted by Crippen LogP contribution is -2.50. The molecule has 0 unspecified atom stereocenters. The first kappa shape index (κ1) is 13.3. The number of piperidine rings is 1. The van der Waals surface area contributed by atoms with Crippen LogP contribution >= 0.6 is 0 Å². The van der Waals surface area contributed by atoms with Gasteiger partial charge in [-0.1, -0.05) is 0 Å². The Morgan fingerprint density at radius 2 is 2.33 bits per heavy atom. The smallest absolute Gasteiger partial charge is 0.332 e. The van der Waals surface area contributed by atoms with Crippen molar-refractivity contribution in [2.24, 2.45) is 0 Å². The number of hydrogen-bond donors (Lipinski definition) is 2. The molecule has 2 heterocycles. The van der Waals surface area contributed by atoms with E-state index in [1.54, 1.807) is 20.8 Å². The summed E-state index contributed by atoms with van der Waals surface area (Å²) in [5, 5.41) is 12.8. The van der Waals surface area contributed by atoms with Crippen LogP contribution in [0.2, 0.25) is 0 Å². The molecule has 2 rings (SSSR count). The third-order valence-electron chi connectivity index (χ3n) is 2.89. The maximum absolute atomic E-state index is 11.4. The van der Waals surface area contributed by atoms with Crippen LogP contribution in [-0.2, 0) is 19.0 Å². The van der Waals surface area contributed by atoms with Gasteiger partial charge in [0.05, 0.1) is 12.3 Å². The molecule has 2 aliphatic heterocycles. The van der Waals surface area contributed by atoms with E-state index >= 15 is 0 Å². The van der Waals surface area contributed by atoms with Gasteiger partial charge in [0, 0.05) is 12.6 Å². The van der Waals surface area contributed by atoms with Crippen LogP contribution < -0.4 is 5.32 Å². The average Bonchev–Trinajstić information content (AvgIpc) is 2.60. The first-order chi connectivity index (χ1) is 8.43. The molecule has 2 aliphatic rings. The Kier molecular flexibility index (Phi) is 3.61. The summed E-state index contributed by atoms with van der Waals surface area (Å²) < 4.78 is 16.2. The normalized spacial score (nSPS) is 36.0. The van der Waals surface area contributed by atoms with Crippen molar-refractivity contribution < 1.29 is 24.1 Å². The summed E-state index contributed by atoms with van der Waals surface area (Å²) in [6.07, 6.45) is -0.219. The van der Waals surface area contributed by atoms with Crippen molar-refractivity contribution >= 4 is 5.97 Å². The molecule has 0 aromatic heterocycles. The van der Waals surface area contributed by atoms with E-state index in [-0.39, 0.29) is 0 Å². The predicted molar refractivity (Wildman–Crippen MR) is 62.6 cm³/mol. The van der Waals surface area contributed by atoms with Crippen LogP contribution in [0, 0.1) is 0 Å². The molecule has 0 aromatic rings. The van der Waals surface area contributed by atoms with Gasteiger partial charge in [0.15, 0.2) is 5.79 Å². The summed E-state index contributed by atoms with van der Waals surface area (Å²) in [7, 11) is 0. The van der Waals surface area contributed by atoms with E-state index < -0.39 is 30.1 Å². The summed E-state index contributed by atoms with van der Waals surface area (Å²) >= 11 is 0. The van der Waals surface area contributed by atoms with Crippen LogP contribution in [0.3, 0.4) is 0 Å². The second kappa shape index (κ2) is 4.87. The van der Waals surface area contributed by atoms with Gasteiger partial charge in [-0.3, -0.25) is 0 Å². The molecule has 102 valence electrons. The molecule has 2 saturated heterocycles. The number of rotatable bonds is 2. The summed E-state index contributed by atoms with van der Waals surface area (Å²) in [5.41, 5.74) is 0.592. The van der Waals surface area contributed by atoms with E-state index in [2.05, 4.69) is 5.32 Å². The number of fused-ring (bicyclic) bond motifs is 1. The van der Waals surface area contributed by atoms with Crippen molar-refractivity contribution in [3.63, 3.8) is 0 Å². The van der Waals surface area contributed by atoms with Gasteiger partial charge in [-0.15, -0.1) is 0 Å². The fourth-order valence-corrected chi connectivity index (χ4v) is 2.19. The SMILES string of the molecule is CCOC(=O)/C=C1\NC[C@@H](O)[C@H]2OC(C)(C)O[C@@H]12. The Morgan fingerprint density at radius 1 is 1.61 bits per heavy atom. The molecular weight excluding hydrogens is 238 g/mol.